The zero-order valence-corrected chi connectivity index (χ0v) is 24.2. The van der Waals surface area contributed by atoms with Crippen LogP contribution in [0.4, 0.5) is 11.4 Å². The van der Waals surface area contributed by atoms with Gasteiger partial charge in [0, 0.05) is 27.8 Å². The van der Waals surface area contributed by atoms with Crippen molar-refractivity contribution in [2.24, 2.45) is 0 Å². The number of hydrogen-bond donors (Lipinski definition) is 1. The third-order valence-corrected chi connectivity index (χ3v) is 8.39. The summed E-state index contributed by atoms with van der Waals surface area (Å²) in [6.45, 7) is 0. The van der Waals surface area contributed by atoms with E-state index in [1.807, 2.05) is 6.07 Å². The number of nitrogens with zero attached hydrogens (tertiary/aromatic N) is 1. The van der Waals surface area contributed by atoms with Crippen LogP contribution >= 0.6 is 0 Å². The second kappa shape index (κ2) is 11.1. The molecule has 0 spiro atoms. The van der Waals surface area contributed by atoms with Gasteiger partial charge in [-0.05, 0) is 94.0 Å². The van der Waals surface area contributed by atoms with Crippen LogP contribution in [0.5, 0.6) is 0 Å². The molecule has 2 nitrogen and oxygen atoms in total. The van der Waals surface area contributed by atoms with Crippen LogP contribution in [0.25, 0.3) is 60.9 Å². The van der Waals surface area contributed by atoms with E-state index in [1.54, 1.807) is 0 Å². The molecular weight excluding hydrogens is 532 g/mol. The summed E-state index contributed by atoms with van der Waals surface area (Å²) in [6, 6.07) is 62.7. The largest absolute Gasteiger partial charge is 0.356 e. The predicted molar refractivity (Wildman–Crippen MR) is 187 cm³/mol. The Balaban J connectivity index is 1.14. The van der Waals surface area contributed by atoms with Crippen LogP contribution in [0.1, 0.15) is 0 Å². The zero-order chi connectivity index (χ0) is 29.3. The Morgan fingerprint density at radius 2 is 0.682 bits per heavy atom. The van der Waals surface area contributed by atoms with Crippen molar-refractivity contribution in [2.75, 3.05) is 5.32 Å². The smallest absolute Gasteiger partial charge is 0.0541 e. The molecule has 208 valence electrons. The van der Waals surface area contributed by atoms with E-state index >= 15 is 0 Å². The van der Waals surface area contributed by atoms with Gasteiger partial charge in [0.05, 0.1) is 11.0 Å². The predicted octanol–water partition coefficient (Wildman–Crippen LogP) is 11.5. The van der Waals surface area contributed by atoms with E-state index in [9.17, 15) is 0 Å². The molecule has 0 fully saturated rings. The van der Waals surface area contributed by atoms with Gasteiger partial charge in [0.25, 0.3) is 0 Å². The summed E-state index contributed by atoms with van der Waals surface area (Å²) in [6.07, 6.45) is 0. The van der Waals surface area contributed by atoms with Crippen molar-refractivity contribution in [1.82, 2.24) is 4.57 Å². The summed E-state index contributed by atoms with van der Waals surface area (Å²) in [4.78, 5) is 0. The van der Waals surface area contributed by atoms with Gasteiger partial charge in [-0.2, -0.15) is 0 Å². The molecule has 0 saturated heterocycles. The fourth-order valence-electron chi connectivity index (χ4n) is 6.16. The SMILES string of the molecule is c1ccc(-c2ccc(Nc3ccc(-c4ccc5c(c4)c4cc(-c6ccccc6)ccc4n5-c4ccccc4)cc3)cc2)cc1. The second-order valence-corrected chi connectivity index (χ2v) is 11.1. The van der Waals surface area contributed by atoms with Gasteiger partial charge in [0.1, 0.15) is 0 Å². The zero-order valence-electron chi connectivity index (χ0n) is 24.2. The minimum Gasteiger partial charge on any atom is -0.356 e. The lowest BCUT2D eigenvalue weighted by Crippen LogP contribution is -1.93. The molecule has 8 aromatic rings. The van der Waals surface area contributed by atoms with Gasteiger partial charge in [-0.1, -0.05) is 115 Å². The quantitative estimate of drug-likeness (QED) is 0.213. The molecular formula is C42H30N2. The number of benzene rings is 7. The van der Waals surface area contributed by atoms with E-state index in [0.29, 0.717) is 0 Å². The summed E-state index contributed by atoms with van der Waals surface area (Å²) in [5, 5.41) is 6.06. The maximum atomic E-state index is 3.56. The number of nitrogens with one attached hydrogen (secondary N) is 1. The Morgan fingerprint density at radius 3 is 1.16 bits per heavy atom. The monoisotopic (exact) mass is 562 g/mol. The Morgan fingerprint density at radius 1 is 0.318 bits per heavy atom. The molecule has 0 radical (unpaired) electrons. The maximum Gasteiger partial charge on any atom is 0.0541 e. The molecule has 0 aliphatic carbocycles. The van der Waals surface area contributed by atoms with Gasteiger partial charge >= 0.3 is 0 Å². The fraction of sp³-hybridized carbons (Fsp3) is 0. The number of rotatable bonds is 6. The molecule has 0 bridgehead atoms. The number of fused-ring (bicyclic) bond motifs is 3. The lowest BCUT2D eigenvalue weighted by molar-refractivity contribution is 1.18. The van der Waals surface area contributed by atoms with Gasteiger partial charge in [0.15, 0.2) is 0 Å². The van der Waals surface area contributed by atoms with Crippen LogP contribution in [0, 0.1) is 0 Å². The summed E-state index contributed by atoms with van der Waals surface area (Å²) >= 11 is 0. The van der Waals surface area contributed by atoms with Crippen molar-refractivity contribution in [3.8, 4) is 39.1 Å². The Kier molecular flexibility index (Phi) is 6.51. The number of aromatic nitrogens is 1. The highest BCUT2D eigenvalue weighted by Crippen LogP contribution is 2.37. The van der Waals surface area contributed by atoms with Gasteiger partial charge < -0.3 is 9.88 Å². The first-order valence-corrected chi connectivity index (χ1v) is 15.0. The maximum absolute atomic E-state index is 3.56. The molecule has 44 heavy (non-hydrogen) atoms. The van der Waals surface area contributed by atoms with Gasteiger partial charge in [0.2, 0.25) is 0 Å². The summed E-state index contributed by atoms with van der Waals surface area (Å²) < 4.78 is 2.37. The Bertz CT molecular complexity index is 2200. The molecule has 2 heteroatoms. The number of para-hydroxylation sites is 1. The third-order valence-electron chi connectivity index (χ3n) is 8.39. The highest BCUT2D eigenvalue weighted by molar-refractivity contribution is 6.11. The summed E-state index contributed by atoms with van der Waals surface area (Å²) in [5.41, 5.74) is 13.0. The van der Waals surface area contributed by atoms with Crippen LogP contribution in [0.3, 0.4) is 0 Å². The Labute approximate surface area is 257 Å². The summed E-state index contributed by atoms with van der Waals surface area (Å²) in [5.74, 6) is 0. The van der Waals surface area contributed by atoms with Crippen LogP contribution in [-0.4, -0.2) is 4.57 Å². The molecule has 0 unspecified atom stereocenters. The first-order chi connectivity index (χ1) is 21.8. The van der Waals surface area contributed by atoms with Crippen molar-refractivity contribution in [3.05, 3.63) is 176 Å². The molecule has 8 rings (SSSR count). The van der Waals surface area contributed by atoms with Crippen LogP contribution in [0.15, 0.2) is 176 Å². The molecule has 1 heterocycles. The van der Waals surface area contributed by atoms with Crippen LogP contribution in [0.2, 0.25) is 0 Å². The number of hydrogen-bond acceptors (Lipinski definition) is 1. The highest BCUT2D eigenvalue weighted by Gasteiger charge is 2.14. The lowest BCUT2D eigenvalue weighted by Gasteiger charge is -2.10. The van der Waals surface area contributed by atoms with Crippen molar-refractivity contribution in [3.63, 3.8) is 0 Å². The van der Waals surface area contributed by atoms with Crippen LogP contribution < -0.4 is 5.32 Å². The normalized spacial score (nSPS) is 11.2. The highest BCUT2D eigenvalue weighted by atomic mass is 15.0. The Hall–Kier alpha value is -5.86. The van der Waals surface area contributed by atoms with Crippen molar-refractivity contribution in [2.45, 2.75) is 0 Å². The molecule has 0 aliphatic rings. The first-order valence-electron chi connectivity index (χ1n) is 15.0. The van der Waals surface area contributed by atoms with Gasteiger partial charge in [-0.15, -0.1) is 0 Å². The number of anilines is 2. The fourth-order valence-corrected chi connectivity index (χ4v) is 6.16. The minimum atomic E-state index is 1.07. The van der Waals surface area contributed by atoms with Gasteiger partial charge in [-0.25, -0.2) is 0 Å². The molecule has 1 N–H and O–H groups in total. The van der Waals surface area contributed by atoms with Crippen LogP contribution in [-0.2, 0) is 0 Å². The second-order valence-electron chi connectivity index (χ2n) is 11.1. The minimum absolute atomic E-state index is 1.07. The summed E-state index contributed by atoms with van der Waals surface area (Å²) in [7, 11) is 0. The molecule has 1 aromatic heterocycles. The molecule has 0 amide bonds. The third kappa shape index (κ3) is 4.83. The molecule has 0 saturated carbocycles. The molecule has 7 aromatic carbocycles. The van der Waals surface area contributed by atoms with Crippen molar-refractivity contribution in [1.29, 1.82) is 0 Å². The van der Waals surface area contributed by atoms with Crippen molar-refractivity contribution >= 4 is 33.2 Å². The van der Waals surface area contributed by atoms with E-state index in [0.717, 1.165) is 11.4 Å². The average Bonchev–Trinajstić information content (AvgIpc) is 3.43. The van der Waals surface area contributed by atoms with E-state index in [2.05, 4.69) is 180 Å². The van der Waals surface area contributed by atoms with E-state index in [1.165, 1.54) is 60.9 Å². The molecule has 0 atom stereocenters. The average molecular weight is 563 g/mol. The first kappa shape index (κ1) is 25.8. The van der Waals surface area contributed by atoms with E-state index in [4.69, 9.17) is 0 Å². The van der Waals surface area contributed by atoms with Gasteiger partial charge in [-0.3, -0.25) is 0 Å². The standard InChI is InChI=1S/C42H30N2/c1-4-10-30(11-5-1)32-16-22-36(23-17-32)43-37-24-18-33(19-25-37)35-21-27-42-40(29-35)39-28-34(31-12-6-2-7-13-31)20-26-41(39)44(42)38-14-8-3-9-15-38/h1-29,43H. The molecule has 0 aliphatic heterocycles. The van der Waals surface area contributed by atoms with Crippen molar-refractivity contribution < 1.29 is 0 Å². The topological polar surface area (TPSA) is 17.0 Å². The van der Waals surface area contributed by atoms with E-state index < -0.39 is 0 Å². The lowest BCUT2D eigenvalue weighted by atomic mass is 10.00. The van der Waals surface area contributed by atoms with E-state index in [-0.39, 0.29) is 0 Å².